The first-order chi connectivity index (χ1) is 6.50. The van der Waals surface area contributed by atoms with Crippen LogP contribution in [0.3, 0.4) is 0 Å². The Morgan fingerprint density at radius 3 is 2.14 bits per heavy atom. The number of hydrogen-bond acceptors (Lipinski definition) is 3. The molecule has 4 nitrogen and oxygen atoms in total. The molecule has 0 aliphatic carbocycles. The lowest BCUT2D eigenvalue weighted by atomic mass is 10.3. The molecule has 0 aromatic heterocycles. The molecule has 0 amide bonds. The number of carboxylic acid groups (broad SMARTS) is 1. The molecule has 0 heterocycles. The fourth-order valence-electron chi connectivity index (χ4n) is 0.518. The Kier molecular flexibility index (Phi) is 12.7. The molecule has 0 fully saturated rings. The molecule has 0 aliphatic rings. The van der Waals surface area contributed by atoms with Crippen molar-refractivity contribution in [2.75, 3.05) is 6.61 Å². The fraction of sp³-hybridized carbons (Fsp3) is 0.600. The average molecular weight is 202 g/mol. The zero-order valence-electron chi connectivity index (χ0n) is 8.95. The average Bonchev–Trinajstić information content (AvgIpc) is 2.02. The molecule has 0 aliphatic heterocycles. The molecule has 82 valence electrons. The molecular formula is C10H18O4. The van der Waals surface area contributed by atoms with Crippen LogP contribution in [-0.4, -0.2) is 23.7 Å². The molecule has 0 saturated heterocycles. The van der Waals surface area contributed by atoms with Gasteiger partial charge in [-0.1, -0.05) is 25.5 Å². The smallest absolute Gasteiger partial charge is 0.302 e. The third kappa shape index (κ3) is 31.0. The Morgan fingerprint density at radius 2 is 1.79 bits per heavy atom. The Balaban J connectivity index is 0. The van der Waals surface area contributed by atoms with E-state index in [0.717, 1.165) is 19.8 Å². The fourth-order valence-corrected chi connectivity index (χ4v) is 0.518. The second-order valence-electron chi connectivity index (χ2n) is 2.58. The highest BCUT2D eigenvalue weighted by Gasteiger charge is 1.85. The second kappa shape index (κ2) is 11.7. The van der Waals surface area contributed by atoms with Gasteiger partial charge in [0.1, 0.15) is 6.61 Å². The summed E-state index contributed by atoms with van der Waals surface area (Å²) in [6.45, 7) is 5.01. The molecule has 0 atom stereocenters. The minimum absolute atomic E-state index is 0.221. The molecule has 4 heteroatoms. The van der Waals surface area contributed by atoms with Crippen molar-refractivity contribution in [1.82, 2.24) is 0 Å². The van der Waals surface area contributed by atoms with Crippen LogP contribution in [0.25, 0.3) is 0 Å². The van der Waals surface area contributed by atoms with Crippen LogP contribution in [0.2, 0.25) is 0 Å². The summed E-state index contributed by atoms with van der Waals surface area (Å²) in [4.78, 5) is 19.2. The van der Waals surface area contributed by atoms with E-state index in [0.29, 0.717) is 6.61 Å². The number of carbonyl (C=O) groups excluding carboxylic acids is 1. The summed E-state index contributed by atoms with van der Waals surface area (Å²) in [5, 5.41) is 7.42. The number of hydrogen-bond donors (Lipinski definition) is 1. The van der Waals surface area contributed by atoms with Crippen LogP contribution in [0, 0.1) is 0 Å². The lowest BCUT2D eigenvalue weighted by Gasteiger charge is -1.93. The van der Waals surface area contributed by atoms with E-state index in [1.807, 2.05) is 12.2 Å². The Hall–Kier alpha value is -1.32. The third-order valence-electron chi connectivity index (χ3n) is 1.00. The van der Waals surface area contributed by atoms with Gasteiger partial charge in [0.2, 0.25) is 0 Å². The topological polar surface area (TPSA) is 63.6 Å². The van der Waals surface area contributed by atoms with Gasteiger partial charge in [-0.3, -0.25) is 9.59 Å². The van der Waals surface area contributed by atoms with Crippen molar-refractivity contribution in [2.45, 2.75) is 33.6 Å². The summed E-state index contributed by atoms with van der Waals surface area (Å²) >= 11 is 0. The van der Waals surface area contributed by atoms with E-state index in [1.165, 1.54) is 6.92 Å². The van der Waals surface area contributed by atoms with Crippen LogP contribution >= 0.6 is 0 Å². The first-order valence-corrected chi connectivity index (χ1v) is 4.48. The van der Waals surface area contributed by atoms with Gasteiger partial charge in [0, 0.05) is 13.8 Å². The van der Waals surface area contributed by atoms with Gasteiger partial charge in [-0.25, -0.2) is 0 Å². The van der Waals surface area contributed by atoms with E-state index in [1.54, 1.807) is 0 Å². The van der Waals surface area contributed by atoms with Crippen molar-refractivity contribution >= 4 is 11.9 Å². The monoisotopic (exact) mass is 202 g/mol. The SMILES string of the molecule is CC(=O)O.CCC/C=C/COC(C)=O. The van der Waals surface area contributed by atoms with Crippen LogP contribution in [-0.2, 0) is 14.3 Å². The minimum Gasteiger partial charge on any atom is -0.481 e. The molecule has 0 spiro atoms. The first-order valence-electron chi connectivity index (χ1n) is 4.48. The maximum atomic E-state index is 10.2. The van der Waals surface area contributed by atoms with Crippen LogP contribution in [0.15, 0.2) is 12.2 Å². The van der Waals surface area contributed by atoms with Crippen molar-refractivity contribution in [3.8, 4) is 0 Å². The number of unbranched alkanes of at least 4 members (excludes halogenated alkanes) is 1. The largest absolute Gasteiger partial charge is 0.481 e. The van der Waals surface area contributed by atoms with E-state index in [-0.39, 0.29) is 5.97 Å². The molecule has 0 saturated carbocycles. The van der Waals surface area contributed by atoms with Gasteiger partial charge in [-0.15, -0.1) is 0 Å². The zero-order valence-corrected chi connectivity index (χ0v) is 8.95. The number of rotatable bonds is 4. The Bertz CT molecular complexity index is 181. The first kappa shape index (κ1) is 15.2. The maximum Gasteiger partial charge on any atom is 0.302 e. The number of esters is 1. The van der Waals surface area contributed by atoms with Crippen molar-refractivity contribution in [1.29, 1.82) is 0 Å². The number of allylic oxidation sites excluding steroid dienone is 1. The van der Waals surface area contributed by atoms with Gasteiger partial charge in [-0.05, 0) is 6.42 Å². The van der Waals surface area contributed by atoms with Gasteiger partial charge >= 0.3 is 5.97 Å². The number of ether oxygens (including phenoxy) is 1. The highest BCUT2D eigenvalue weighted by Crippen LogP contribution is 1.88. The van der Waals surface area contributed by atoms with Gasteiger partial charge < -0.3 is 9.84 Å². The van der Waals surface area contributed by atoms with E-state index in [2.05, 4.69) is 11.7 Å². The summed E-state index contributed by atoms with van der Waals surface area (Å²) in [5.41, 5.74) is 0. The van der Waals surface area contributed by atoms with Crippen molar-refractivity contribution in [3.63, 3.8) is 0 Å². The predicted octanol–water partition coefficient (Wildman–Crippen LogP) is 2.00. The Morgan fingerprint density at radius 1 is 1.29 bits per heavy atom. The van der Waals surface area contributed by atoms with Crippen molar-refractivity contribution in [3.05, 3.63) is 12.2 Å². The molecule has 0 unspecified atom stereocenters. The second-order valence-corrected chi connectivity index (χ2v) is 2.58. The van der Waals surface area contributed by atoms with Gasteiger partial charge in [0.05, 0.1) is 0 Å². The van der Waals surface area contributed by atoms with Gasteiger partial charge in [0.25, 0.3) is 5.97 Å². The lowest BCUT2D eigenvalue weighted by Crippen LogP contribution is -1.97. The molecule has 1 N–H and O–H groups in total. The molecule has 0 aromatic carbocycles. The lowest BCUT2D eigenvalue weighted by molar-refractivity contribution is -0.139. The van der Waals surface area contributed by atoms with Crippen LogP contribution < -0.4 is 0 Å². The summed E-state index contributed by atoms with van der Waals surface area (Å²) < 4.78 is 4.66. The molecule has 14 heavy (non-hydrogen) atoms. The highest BCUT2D eigenvalue weighted by atomic mass is 16.5. The molecule has 0 rings (SSSR count). The normalized spacial score (nSPS) is 9.07. The summed E-state index contributed by atoms with van der Waals surface area (Å²) in [6.07, 6.45) is 6.08. The molecule has 0 aromatic rings. The summed E-state index contributed by atoms with van der Waals surface area (Å²) in [5.74, 6) is -1.05. The number of aliphatic carboxylic acids is 1. The van der Waals surface area contributed by atoms with Crippen LogP contribution in [0.1, 0.15) is 33.6 Å². The molecule has 0 radical (unpaired) electrons. The summed E-state index contributed by atoms with van der Waals surface area (Å²) in [6, 6.07) is 0. The van der Waals surface area contributed by atoms with Crippen molar-refractivity contribution in [2.24, 2.45) is 0 Å². The summed E-state index contributed by atoms with van der Waals surface area (Å²) in [7, 11) is 0. The van der Waals surface area contributed by atoms with Gasteiger partial charge in [-0.2, -0.15) is 0 Å². The predicted molar refractivity (Wildman–Crippen MR) is 54.0 cm³/mol. The highest BCUT2D eigenvalue weighted by molar-refractivity contribution is 5.65. The quantitative estimate of drug-likeness (QED) is 0.559. The van der Waals surface area contributed by atoms with Crippen molar-refractivity contribution < 1.29 is 19.4 Å². The van der Waals surface area contributed by atoms with Crippen LogP contribution in [0.5, 0.6) is 0 Å². The number of carbonyl (C=O) groups is 2. The van der Waals surface area contributed by atoms with Crippen LogP contribution in [0.4, 0.5) is 0 Å². The van der Waals surface area contributed by atoms with E-state index < -0.39 is 5.97 Å². The minimum atomic E-state index is -0.833. The Labute approximate surface area is 84.6 Å². The molecule has 0 bridgehead atoms. The van der Waals surface area contributed by atoms with E-state index in [9.17, 15) is 4.79 Å². The van der Waals surface area contributed by atoms with E-state index in [4.69, 9.17) is 9.90 Å². The van der Waals surface area contributed by atoms with Gasteiger partial charge in [0.15, 0.2) is 0 Å². The maximum absolute atomic E-state index is 10.2. The standard InChI is InChI=1S/C8H14O2.C2H4O2/c1-3-4-5-6-7-10-8(2)9;1-2(3)4/h5-6H,3-4,7H2,1-2H3;1H3,(H,3,4)/b6-5+;. The number of carboxylic acids is 1. The zero-order chi connectivity index (χ0) is 11.4. The van der Waals surface area contributed by atoms with E-state index >= 15 is 0 Å². The molecular weight excluding hydrogens is 184 g/mol. The third-order valence-corrected chi connectivity index (χ3v) is 1.00.